The van der Waals surface area contributed by atoms with E-state index in [1.54, 1.807) is 7.05 Å². The standard InChI is InChI=1S/C23H28N5O2/c1-24-22(29)19-10-6-12-28-20(17-25-21(19)28)23(30)27-15-13-26(14-16-27)11-5-9-18-7-3-2-4-8-18/h2-5,7-9,19H,6,10-16H2,1H3,(H,24,29). The molecule has 1 N–H and O–H groups in total. The SMILES string of the molecule is CNC(=O)C1CCCn2c(C(=O)N3CCN(CC=Cc4ccccc4)CC3)[c]nc21. The molecule has 1 saturated heterocycles. The topological polar surface area (TPSA) is 70.5 Å². The van der Waals surface area contributed by atoms with Gasteiger partial charge in [-0.05, 0) is 18.4 Å². The number of nitrogens with one attached hydrogen (secondary N) is 1. The highest BCUT2D eigenvalue weighted by molar-refractivity contribution is 5.93. The molecule has 2 aliphatic heterocycles. The number of amides is 2. The van der Waals surface area contributed by atoms with E-state index < -0.39 is 0 Å². The lowest BCUT2D eigenvalue weighted by Gasteiger charge is -2.34. The Morgan fingerprint density at radius 1 is 1.17 bits per heavy atom. The first-order valence-corrected chi connectivity index (χ1v) is 10.6. The number of fused-ring (bicyclic) bond motifs is 1. The molecule has 2 amide bonds. The number of benzene rings is 1. The van der Waals surface area contributed by atoms with Crippen molar-refractivity contribution in [2.24, 2.45) is 0 Å². The molecule has 7 heteroatoms. The van der Waals surface area contributed by atoms with Gasteiger partial charge in [0.05, 0.1) is 5.92 Å². The maximum absolute atomic E-state index is 13.1. The largest absolute Gasteiger partial charge is 0.359 e. The van der Waals surface area contributed by atoms with Gasteiger partial charge in [-0.25, -0.2) is 4.98 Å². The van der Waals surface area contributed by atoms with Crippen LogP contribution in [0.5, 0.6) is 0 Å². The number of nitrogens with zero attached hydrogens (tertiary/aromatic N) is 4. The summed E-state index contributed by atoms with van der Waals surface area (Å²) in [5.41, 5.74) is 1.68. The zero-order valence-electron chi connectivity index (χ0n) is 17.4. The van der Waals surface area contributed by atoms with Crippen molar-refractivity contribution in [1.29, 1.82) is 0 Å². The van der Waals surface area contributed by atoms with Crippen LogP contribution in [0.1, 0.15) is 40.6 Å². The van der Waals surface area contributed by atoms with E-state index in [4.69, 9.17) is 0 Å². The highest BCUT2D eigenvalue weighted by Crippen LogP contribution is 2.28. The van der Waals surface area contributed by atoms with Crippen molar-refractivity contribution in [2.45, 2.75) is 25.3 Å². The molecule has 0 spiro atoms. The molecule has 0 aliphatic carbocycles. The molecule has 1 radical (unpaired) electrons. The van der Waals surface area contributed by atoms with Crippen LogP contribution in [0.4, 0.5) is 0 Å². The molecular formula is C23H28N5O2. The fourth-order valence-electron chi connectivity index (χ4n) is 4.19. The van der Waals surface area contributed by atoms with E-state index in [0.717, 1.165) is 32.5 Å². The van der Waals surface area contributed by atoms with Gasteiger partial charge in [0.15, 0.2) is 0 Å². The van der Waals surface area contributed by atoms with E-state index in [0.29, 0.717) is 31.2 Å². The predicted octanol–water partition coefficient (Wildman–Crippen LogP) is 1.78. The summed E-state index contributed by atoms with van der Waals surface area (Å²) >= 11 is 0. The lowest BCUT2D eigenvalue weighted by Crippen LogP contribution is -2.49. The molecule has 4 rings (SSSR count). The Kier molecular flexibility index (Phi) is 6.28. The van der Waals surface area contributed by atoms with Crippen molar-refractivity contribution >= 4 is 17.9 Å². The molecule has 30 heavy (non-hydrogen) atoms. The number of carbonyl (C=O) groups excluding carboxylic acids is 2. The molecule has 1 aromatic carbocycles. The van der Waals surface area contributed by atoms with Gasteiger partial charge in [-0.2, -0.15) is 0 Å². The number of hydrogen-bond donors (Lipinski definition) is 1. The minimum atomic E-state index is -0.296. The number of aromatic nitrogens is 2. The van der Waals surface area contributed by atoms with Crippen molar-refractivity contribution in [3.63, 3.8) is 0 Å². The predicted molar refractivity (Wildman–Crippen MR) is 115 cm³/mol. The van der Waals surface area contributed by atoms with Gasteiger partial charge in [0, 0.05) is 46.3 Å². The average Bonchev–Trinajstić information content (AvgIpc) is 3.23. The fraction of sp³-hybridized carbons (Fsp3) is 0.435. The van der Waals surface area contributed by atoms with Crippen LogP contribution in [0.25, 0.3) is 6.08 Å². The molecule has 3 heterocycles. The number of imidazole rings is 1. The summed E-state index contributed by atoms with van der Waals surface area (Å²) in [6.07, 6.45) is 8.82. The fourth-order valence-corrected chi connectivity index (χ4v) is 4.19. The monoisotopic (exact) mass is 406 g/mol. The van der Waals surface area contributed by atoms with Crippen LogP contribution in [0, 0.1) is 6.20 Å². The van der Waals surface area contributed by atoms with Gasteiger partial charge in [-0.1, -0.05) is 42.5 Å². The van der Waals surface area contributed by atoms with Gasteiger partial charge >= 0.3 is 0 Å². The number of carbonyl (C=O) groups is 2. The first-order valence-electron chi connectivity index (χ1n) is 10.6. The van der Waals surface area contributed by atoms with E-state index in [-0.39, 0.29) is 17.7 Å². The second kappa shape index (κ2) is 9.26. The van der Waals surface area contributed by atoms with E-state index >= 15 is 0 Å². The maximum Gasteiger partial charge on any atom is 0.272 e. The molecule has 1 aromatic heterocycles. The van der Waals surface area contributed by atoms with Crippen molar-refractivity contribution in [1.82, 2.24) is 24.7 Å². The third-order valence-corrected chi connectivity index (χ3v) is 5.91. The Morgan fingerprint density at radius 3 is 2.67 bits per heavy atom. The number of rotatable bonds is 5. The van der Waals surface area contributed by atoms with Crippen molar-refractivity contribution in [3.05, 3.63) is 59.7 Å². The number of likely N-dealkylation sites (N-methyl/N-ethyl adjacent to an activating group) is 1. The minimum absolute atomic E-state index is 0.0363. The average molecular weight is 407 g/mol. The molecule has 157 valence electrons. The summed E-state index contributed by atoms with van der Waals surface area (Å²) in [5, 5.41) is 2.70. The number of piperazine rings is 1. The highest BCUT2D eigenvalue weighted by atomic mass is 16.2. The molecule has 1 atom stereocenters. The third-order valence-electron chi connectivity index (χ3n) is 5.91. The van der Waals surface area contributed by atoms with Gasteiger partial charge in [0.2, 0.25) is 5.91 Å². The van der Waals surface area contributed by atoms with Crippen LogP contribution in [-0.4, -0.2) is 70.9 Å². The molecular weight excluding hydrogens is 378 g/mol. The zero-order valence-corrected chi connectivity index (χ0v) is 17.4. The maximum atomic E-state index is 13.1. The summed E-state index contributed by atoms with van der Waals surface area (Å²) < 4.78 is 1.89. The van der Waals surface area contributed by atoms with Crippen molar-refractivity contribution in [3.8, 4) is 0 Å². The first kappa shape index (κ1) is 20.3. The van der Waals surface area contributed by atoms with E-state index in [1.165, 1.54) is 5.56 Å². The first-order chi connectivity index (χ1) is 14.7. The van der Waals surface area contributed by atoms with Crippen LogP contribution < -0.4 is 5.32 Å². The Balaban J connectivity index is 1.34. The van der Waals surface area contributed by atoms with Gasteiger partial charge in [-0.15, -0.1) is 0 Å². The summed E-state index contributed by atoms with van der Waals surface area (Å²) in [4.78, 5) is 33.8. The van der Waals surface area contributed by atoms with Gasteiger partial charge < -0.3 is 14.8 Å². The van der Waals surface area contributed by atoms with Crippen molar-refractivity contribution < 1.29 is 9.59 Å². The molecule has 2 aromatic rings. The van der Waals surface area contributed by atoms with Crippen molar-refractivity contribution in [2.75, 3.05) is 39.8 Å². The molecule has 7 nitrogen and oxygen atoms in total. The van der Waals surface area contributed by atoms with Crippen LogP contribution in [0.2, 0.25) is 0 Å². The quantitative estimate of drug-likeness (QED) is 0.822. The van der Waals surface area contributed by atoms with E-state index in [9.17, 15) is 9.59 Å². The van der Waals surface area contributed by atoms with E-state index in [1.807, 2.05) is 27.7 Å². The lowest BCUT2D eigenvalue weighted by atomic mass is 9.98. The molecule has 1 unspecified atom stereocenters. The lowest BCUT2D eigenvalue weighted by molar-refractivity contribution is -0.122. The van der Waals surface area contributed by atoms with Crippen LogP contribution in [0.15, 0.2) is 36.4 Å². The minimum Gasteiger partial charge on any atom is -0.359 e. The Bertz CT molecular complexity index is 913. The Hall–Kier alpha value is -2.93. The Morgan fingerprint density at radius 2 is 1.93 bits per heavy atom. The third kappa shape index (κ3) is 4.31. The van der Waals surface area contributed by atoms with Gasteiger partial charge in [0.25, 0.3) is 5.91 Å². The molecule has 2 aliphatic rings. The van der Waals surface area contributed by atoms with Gasteiger partial charge in [0.1, 0.15) is 17.7 Å². The zero-order chi connectivity index (χ0) is 20.9. The van der Waals surface area contributed by atoms with Crippen LogP contribution >= 0.6 is 0 Å². The summed E-state index contributed by atoms with van der Waals surface area (Å²) in [7, 11) is 1.63. The molecule has 0 saturated carbocycles. The number of hydrogen-bond acceptors (Lipinski definition) is 4. The summed E-state index contributed by atoms with van der Waals surface area (Å²) in [6, 6.07) is 10.3. The summed E-state index contributed by atoms with van der Waals surface area (Å²) in [5.74, 6) is 0.278. The smallest absolute Gasteiger partial charge is 0.272 e. The second-order valence-corrected chi connectivity index (χ2v) is 7.80. The van der Waals surface area contributed by atoms with E-state index in [2.05, 4.69) is 45.7 Å². The highest BCUT2D eigenvalue weighted by Gasteiger charge is 2.32. The Labute approximate surface area is 177 Å². The molecule has 0 bridgehead atoms. The second-order valence-electron chi connectivity index (χ2n) is 7.80. The summed E-state index contributed by atoms with van der Waals surface area (Å²) in [6.45, 7) is 4.64. The normalized spacial score (nSPS) is 19.6. The molecule has 1 fully saturated rings. The van der Waals surface area contributed by atoms with Gasteiger partial charge in [-0.3, -0.25) is 14.5 Å². The van der Waals surface area contributed by atoms with Crippen LogP contribution in [0.3, 0.4) is 0 Å². The van der Waals surface area contributed by atoms with Crippen LogP contribution in [-0.2, 0) is 11.3 Å².